The molecule has 0 aliphatic rings. The Labute approximate surface area is 89.5 Å². The molecule has 0 fully saturated rings. The molecule has 7 heteroatoms. The zero-order chi connectivity index (χ0) is 10.8. The van der Waals surface area contributed by atoms with Crippen molar-refractivity contribution >= 4 is 0 Å². The van der Waals surface area contributed by atoms with E-state index in [-0.39, 0.29) is 0 Å². The van der Waals surface area contributed by atoms with Crippen molar-refractivity contribution in [3.8, 4) is 22.8 Å². The number of aromatic amines is 1. The fraction of sp³-hybridized carbons (Fsp3) is 0. The van der Waals surface area contributed by atoms with Gasteiger partial charge in [0.25, 0.3) is 0 Å². The van der Waals surface area contributed by atoms with Gasteiger partial charge in [0, 0.05) is 11.1 Å². The van der Waals surface area contributed by atoms with Crippen LogP contribution < -0.4 is 0 Å². The van der Waals surface area contributed by atoms with E-state index in [0.29, 0.717) is 11.6 Å². The molecule has 1 radical (unpaired) electrons. The minimum Gasteiger partial charge on any atom is -0.328 e. The van der Waals surface area contributed by atoms with E-state index >= 15 is 0 Å². The van der Waals surface area contributed by atoms with Crippen molar-refractivity contribution in [2.45, 2.75) is 0 Å². The highest BCUT2D eigenvalue weighted by atomic mass is 16.5. The molecule has 1 aromatic carbocycles. The van der Waals surface area contributed by atoms with Crippen LogP contribution in [0.5, 0.6) is 0 Å². The molecule has 0 saturated carbocycles. The van der Waals surface area contributed by atoms with Crippen LogP contribution in [0.1, 0.15) is 0 Å². The number of tetrazole rings is 1. The van der Waals surface area contributed by atoms with E-state index in [4.69, 9.17) is 0 Å². The van der Waals surface area contributed by atoms with Gasteiger partial charge in [-0.2, -0.15) is 4.98 Å². The molecule has 0 aliphatic carbocycles. The van der Waals surface area contributed by atoms with E-state index in [1.807, 2.05) is 24.3 Å². The minimum absolute atomic E-state index is 0.481. The van der Waals surface area contributed by atoms with E-state index < -0.39 is 0 Å². The first kappa shape index (κ1) is 8.72. The van der Waals surface area contributed by atoms with Crippen LogP contribution >= 0.6 is 0 Å². The quantitative estimate of drug-likeness (QED) is 0.674. The molecule has 0 aliphatic heterocycles. The zero-order valence-electron chi connectivity index (χ0n) is 7.95. The summed E-state index contributed by atoms with van der Waals surface area (Å²) in [5.74, 6) is 1.07. The average Bonchev–Trinajstić information content (AvgIpc) is 3.03. The molecule has 77 valence electrons. The van der Waals surface area contributed by atoms with Crippen LogP contribution in [-0.4, -0.2) is 30.8 Å². The standard InChI is InChI=1S/C9H5N6O/c1-2-6(8-10-5-16-13-8)4-7(3-1)9-11-14-15-12-9/h1-4H,(H,11,12,14,15). The van der Waals surface area contributed by atoms with E-state index in [1.54, 1.807) is 0 Å². The Morgan fingerprint density at radius 3 is 2.94 bits per heavy atom. The topological polar surface area (TPSA) is 93.4 Å². The molecule has 7 nitrogen and oxygen atoms in total. The summed E-state index contributed by atoms with van der Waals surface area (Å²) in [6.07, 6.45) is 2.30. The third kappa shape index (κ3) is 1.44. The first-order valence-corrected chi connectivity index (χ1v) is 4.48. The number of H-pyrrole nitrogens is 1. The molecule has 2 aromatic heterocycles. The van der Waals surface area contributed by atoms with E-state index in [9.17, 15) is 0 Å². The van der Waals surface area contributed by atoms with Gasteiger partial charge in [-0.1, -0.05) is 23.4 Å². The number of nitrogens with one attached hydrogen (secondary N) is 1. The highest BCUT2D eigenvalue weighted by molar-refractivity contribution is 5.65. The molecule has 0 unspecified atom stereocenters. The van der Waals surface area contributed by atoms with Crippen LogP contribution in [0.3, 0.4) is 0 Å². The predicted molar refractivity (Wildman–Crippen MR) is 51.7 cm³/mol. The minimum atomic E-state index is 0.481. The molecule has 0 amide bonds. The van der Waals surface area contributed by atoms with Gasteiger partial charge in [-0.15, -0.1) is 5.10 Å². The fourth-order valence-electron chi connectivity index (χ4n) is 1.35. The molecule has 0 atom stereocenters. The summed E-state index contributed by atoms with van der Waals surface area (Å²) in [5.41, 5.74) is 1.67. The first-order chi connectivity index (χ1) is 7.93. The maximum absolute atomic E-state index is 4.57. The van der Waals surface area contributed by atoms with Crippen molar-refractivity contribution in [3.05, 3.63) is 30.7 Å². The van der Waals surface area contributed by atoms with Gasteiger partial charge < -0.3 is 4.52 Å². The maximum Gasteiger partial charge on any atom is 0.316 e. The highest BCUT2D eigenvalue weighted by Crippen LogP contribution is 2.20. The lowest BCUT2D eigenvalue weighted by Gasteiger charge is -1.97. The molecule has 2 heterocycles. The van der Waals surface area contributed by atoms with Gasteiger partial charge in [-0.25, -0.2) is 5.10 Å². The van der Waals surface area contributed by atoms with Crippen LogP contribution in [0.4, 0.5) is 0 Å². The number of hydrogen-bond acceptors (Lipinski definition) is 6. The second-order valence-electron chi connectivity index (χ2n) is 3.04. The largest absolute Gasteiger partial charge is 0.328 e. The van der Waals surface area contributed by atoms with Crippen LogP contribution in [0.2, 0.25) is 0 Å². The summed E-state index contributed by atoms with van der Waals surface area (Å²) >= 11 is 0. The van der Waals surface area contributed by atoms with Gasteiger partial charge >= 0.3 is 6.39 Å². The second-order valence-corrected chi connectivity index (χ2v) is 3.04. The zero-order valence-corrected chi connectivity index (χ0v) is 7.95. The molecule has 0 bridgehead atoms. The lowest BCUT2D eigenvalue weighted by molar-refractivity contribution is 0.411. The summed E-state index contributed by atoms with van der Waals surface area (Å²) in [7, 11) is 0. The summed E-state index contributed by atoms with van der Waals surface area (Å²) in [5, 5.41) is 17.2. The van der Waals surface area contributed by atoms with Crippen molar-refractivity contribution in [2.24, 2.45) is 0 Å². The van der Waals surface area contributed by atoms with E-state index in [1.165, 1.54) is 0 Å². The van der Waals surface area contributed by atoms with Crippen molar-refractivity contribution in [1.29, 1.82) is 0 Å². The number of benzene rings is 1. The van der Waals surface area contributed by atoms with Gasteiger partial charge in [0.05, 0.1) is 0 Å². The van der Waals surface area contributed by atoms with E-state index in [2.05, 4.69) is 41.7 Å². The normalized spacial score (nSPS) is 10.5. The molecule has 1 N–H and O–H groups in total. The highest BCUT2D eigenvalue weighted by Gasteiger charge is 2.06. The van der Waals surface area contributed by atoms with Gasteiger partial charge in [0.2, 0.25) is 5.82 Å². The van der Waals surface area contributed by atoms with Crippen LogP contribution in [0.25, 0.3) is 22.8 Å². The van der Waals surface area contributed by atoms with Crippen molar-refractivity contribution < 1.29 is 4.52 Å². The summed E-state index contributed by atoms with van der Waals surface area (Å²) < 4.78 is 4.57. The summed E-state index contributed by atoms with van der Waals surface area (Å²) in [6, 6.07) is 7.48. The maximum atomic E-state index is 4.57. The molecule has 3 rings (SSSR count). The molecule has 0 saturated heterocycles. The van der Waals surface area contributed by atoms with E-state index in [0.717, 1.165) is 11.1 Å². The van der Waals surface area contributed by atoms with Crippen molar-refractivity contribution in [1.82, 2.24) is 30.8 Å². The second kappa shape index (κ2) is 3.54. The molecular formula is C9H5N6O. The lowest BCUT2D eigenvalue weighted by atomic mass is 10.1. The third-order valence-electron chi connectivity index (χ3n) is 2.06. The molecule has 16 heavy (non-hydrogen) atoms. The van der Waals surface area contributed by atoms with Gasteiger partial charge in [-0.05, 0) is 16.5 Å². The van der Waals surface area contributed by atoms with Gasteiger partial charge in [-0.3, -0.25) is 0 Å². The number of aromatic nitrogens is 6. The molecular weight excluding hydrogens is 208 g/mol. The first-order valence-electron chi connectivity index (χ1n) is 4.48. The Morgan fingerprint density at radius 2 is 2.19 bits per heavy atom. The molecule has 3 aromatic rings. The Balaban J connectivity index is 2.07. The van der Waals surface area contributed by atoms with Crippen molar-refractivity contribution in [2.75, 3.05) is 0 Å². The Bertz CT molecular complexity index is 524. The monoisotopic (exact) mass is 213 g/mol. The van der Waals surface area contributed by atoms with Crippen LogP contribution in [0.15, 0.2) is 28.8 Å². The SMILES string of the molecule is [c]1nc(-c2cccc(-c3nnn[nH]3)c2)no1. The Hall–Kier alpha value is -2.57. The smallest absolute Gasteiger partial charge is 0.316 e. The third-order valence-corrected chi connectivity index (χ3v) is 2.06. The Kier molecular flexibility index (Phi) is 1.93. The fourth-order valence-corrected chi connectivity index (χ4v) is 1.35. The van der Waals surface area contributed by atoms with Gasteiger partial charge in [0.15, 0.2) is 5.82 Å². The molecule has 0 spiro atoms. The number of hydrogen-bond donors (Lipinski definition) is 1. The van der Waals surface area contributed by atoms with Gasteiger partial charge in [0.1, 0.15) is 0 Å². The number of nitrogens with zero attached hydrogens (tertiary/aromatic N) is 5. The predicted octanol–water partition coefficient (Wildman–Crippen LogP) is 0.717. The average molecular weight is 213 g/mol. The number of rotatable bonds is 2. The summed E-state index contributed by atoms with van der Waals surface area (Å²) in [4.78, 5) is 3.84. The summed E-state index contributed by atoms with van der Waals surface area (Å²) in [6.45, 7) is 0. The van der Waals surface area contributed by atoms with Crippen LogP contribution in [-0.2, 0) is 0 Å². The van der Waals surface area contributed by atoms with Crippen LogP contribution in [0, 0.1) is 6.39 Å². The van der Waals surface area contributed by atoms with Crippen molar-refractivity contribution in [3.63, 3.8) is 0 Å². The lowest BCUT2D eigenvalue weighted by Crippen LogP contribution is -1.84. The Morgan fingerprint density at radius 1 is 1.25 bits per heavy atom.